The van der Waals surface area contributed by atoms with Crippen LogP contribution in [0.2, 0.25) is 5.02 Å². The summed E-state index contributed by atoms with van der Waals surface area (Å²) in [4.78, 5) is 13.7. The van der Waals surface area contributed by atoms with E-state index in [0.29, 0.717) is 18.2 Å². The first-order chi connectivity index (χ1) is 9.11. The molecule has 1 aromatic rings. The van der Waals surface area contributed by atoms with Gasteiger partial charge < -0.3 is 9.47 Å². The Balaban J connectivity index is 2.04. The first-order valence-electron chi connectivity index (χ1n) is 6.30. The van der Waals surface area contributed by atoms with Gasteiger partial charge in [-0.1, -0.05) is 23.7 Å². The van der Waals surface area contributed by atoms with E-state index in [1.165, 1.54) is 7.11 Å². The van der Waals surface area contributed by atoms with E-state index in [9.17, 15) is 4.79 Å². The molecule has 2 rings (SSSR count). The summed E-state index contributed by atoms with van der Waals surface area (Å²) in [6, 6.07) is 7.37. The van der Waals surface area contributed by atoms with Gasteiger partial charge >= 0.3 is 5.97 Å². The summed E-state index contributed by atoms with van der Waals surface area (Å²) in [6.45, 7) is 3.88. The molecule has 0 radical (unpaired) electrons. The van der Waals surface area contributed by atoms with Crippen molar-refractivity contribution in [3.8, 4) is 0 Å². The minimum Gasteiger partial charge on any atom is -0.468 e. The molecule has 0 amide bonds. The zero-order valence-electron chi connectivity index (χ0n) is 11.1. The van der Waals surface area contributed by atoms with Crippen LogP contribution in [0, 0.1) is 0 Å². The van der Waals surface area contributed by atoms with Gasteiger partial charge in [-0.3, -0.25) is 9.69 Å². The number of methoxy groups -OCH3 is 1. The second-order valence-electron chi connectivity index (χ2n) is 4.61. The summed E-state index contributed by atoms with van der Waals surface area (Å²) in [6.07, 6.45) is -0.0295. The van der Waals surface area contributed by atoms with Crippen LogP contribution in [0.5, 0.6) is 0 Å². The molecule has 2 unspecified atom stereocenters. The molecule has 0 bridgehead atoms. The van der Waals surface area contributed by atoms with Gasteiger partial charge in [0.15, 0.2) is 0 Å². The van der Waals surface area contributed by atoms with Gasteiger partial charge in [0.25, 0.3) is 0 Å². The molecule has 1 saturated heterocycles. The average molecular weight is 284 g/mol. The summed E-state index contributed by atoms with van der Waals surface area (Å²) in [5.74, 6) is -0.211. The van der Waals surface area contributed by atoms with Gasteiger partial charge in [-0.15, -0.1) is 0 Å². The van der Waals surface area contributed by atoms with Gasteiger partial charge in [-0.2, -0.15) is 0 Å². The number of hydrogen-bond donors (Lipinski definition) is 0. The van der Waals surface area contributed by atoms with Crippen molar-refractivity contribution in [2.75, 3.05) is 26.8 Å². The van der Waals surface area contributed by atoms with E-state index in [-0.39, 0.29) is 18.1 Å². The molecule has 0 aromatic heterocycles. The summed E-state index contributed by atoms with van der Waals surface area (Å²) >= 11 is 5.88. The van der Waals surface area contributed by atoms with Gasteiger partial charge in [0, 0.05) is 18.1 Å². The number of rotatable bonds is 3. The van der Waals surface area contributed by atoms with Gasteiger partial charge in [0.2, 0.25) is 0 Å². The Labute approximate surface area is 118 Å². The maximum Gasteiger partial charge on any atom is 0.322 e. The molecule has 0 aliphatic carbocycles. The molecule has 0 saturated carbocycles. The molecule has 104 valence electrons. The van der Waals surface area contributed by atoms with Crippen molar-refractivity contribution in [2.24, 2.45) is 0 Å². The van der Waals surface area contributed by atoms with E-state index in [1.54, 1.807) is 0 Å². The Morgan fingerprint density at radius 1 is 1.47 bits per heavy atom. The number of carbonyl (C=O) groups is 1. The number of carbonyl (C=O) groups excluding carboxylic acids is 1. The van der Waals surface area contributed by atoms with Crippen LogP contribution in [0.1, 0.15) is 18.6 Å². The molecular formula is C14H18ClNO3. The molecule has 2 atom stereocenters. The predicted octanol–water partition coefficient (Wildman–Crippen LogP) is 2.27. The fraction of sp³-hybridized carbons (Fsp3) is 0.500. The Bertz CT molecular complexity index is 435. The predicted molar refractivity (Wildman–Crippen MR) is 73.2 cm³/mol. The maximum absolute atomic E-state index is 11.6. The third-order valence-electron chi connectivity index (χ3n) is 3.43. The Hall–Kier alpha value is -1.10. The van der Waals surface area contributed by atoms with Crippen LogP contribution in [0.4, 0.5) is 0 Å². The number of halogens is 1. The molecule has 4 nitrogen and oxygen atoms in total. The van der Waals surface area contributed by atoms with Crippen LogP contribution in [0.3, 0.4) is 0 Å². The van der Waals surface area contributed by atoms with Crippen molar-refractivity contribution >= 4 is 17.6 Å². The number of ether oxygens (including phenoxy) is 2. The molecule has 1 aliphatic heterocycles. The molecule has 0 spiro atoms. The van der Waals surface area contributed by atoms with Crippen LogP contribution >= 0.6 is 11.6 Å². The van der Waals surface area contributed by atoms with E-state index in [0.717, 1.165) is 12.1 Å². The van der Waals surface area contributed by atoms with E-state index in [4.69, 9.17) is 21.1 Å². The van der Waals surface area contributed by atoms with Crippen molar-refractivity contribution < 1.29 is 14.3 Å². The molecule has 0 N–H and O–H groups in total. The minimum atomic E-state index is -0.247. The SMILES string of the molecule is COC(=O)C(C)N1CCOC(c2ccc(Cl)cc2)C1. The van der Waals surface area contributed by atoms with Gasteiger partial charge in [0.05, 0.1) is 19.8 Å². The summed E-state index contributed by atoms with van der Waals surface area (Å²) in [5.41, 5.74) is 1.08. The largest absolute Gasteiger partial charge is 0.468 e. The molecule has 1 aromatic carbocycles. The smallest absolute Gasteiger partial charge is 0.322 e. The lowest BCUT2D eigenvalue weighted by Crippen LogP contribution is -2.47. The highest BCUT2D eigenvalue weighted by Gasteiger charge is 2.29. The standard InChI is InChI=1S/C14H18ClNO3/c1-10(14(17)18-2)16-7-8-19-13(9-16)11-3-5-12(15)6-4-11/h3-6,10,13H,7-9H2,1-2H3. The highest BCUT2D eigenvalue weighted by Crippen LogP contribution is 2.24. The van der Waals surface area contributed by atoms with Crippen LogP contribution in [-0.4, -0.2) is 43.7 Å². The van der Waals surface area contributed by atoms with E-state index >= 15 is 0 Å². The van der Waals surface area contributed by atoms with E-state index < -0.39 is 0 Å². The lowest BCUT2D eigenvalue weighted by Gasteiger charge is -2.35. The third-order valence-corrected chi connectivity index (χ3v) is 3.68. The minimum absolute atomic E-state index is 0.0295. The zero-order valence-corrected chi connectivity index (χ0v) is 11.9. The van der Waals surface area contributed by atoms with Crippen molar-refractivity contribution in [3.63, 3.8) is 0 Å². The number of morpholine rings is 1. The molecule has 1 fully saturated rings. The highest BCUT2D eigenvalue weighted by atomic mass is 35.5. The zero-order chi connectivity index (χ0) is 13.8. The van der Waals surface area contributed by atoms with Crippen LogP contribution < -0.4 is 0 Å². The lowest BCUT2D eigenvalue weighted by atomic mass is 10.1. The summed E-state index contributed by atoms with van der Waals surface area (Å²) in [7, 11) is 1.41. The first-order valence-corrected chi connectivity index (χ1v) is 6.68. The fourth-order valence-corrected chi connectivity index (χ4v) is 2.35. The number of hydrogen-bond acceptors (Lipinski definition) is 4. The number of esters is 1. The normalized spacial score (nSPS) is 21.9. The van der Waals surface area contributed by atoms with Gasteiger partial charge in [-0.25, -0.2) is 0 Å². The average Bonchev–Trinajstić information content (AvgIpc) is 2.46. The second-order valence-corrected chi connectivity index (χ2v) is 5.04. The van der Waals surface area contributed by atoms with Crippen LogP contribution in [-0.2, 0) is 14.3 Å². The third kappa shape index (κ3) is 3.47. The highest BCUT2D eigenvalue weighted by molar-refractivity contribution is 6.30. The van der Waals surface area contributed by atoms with Crippen molar-refractivity contribution in [2.45, 2.75) is 19.1 Å². The lowest BCUT2D eigenvalue weighted by molar-refractivity contribution is -0.149. The molecule has 1 aliphatic rings. The second kappa shape index (κ2) is 6.37. The number of nitrogens with zero attached hydrogens (tertiary/aromatic N) is 1. The Morgan fingerprint density at radius 2 is 2.16 bits per heavy atom. The summed E-state index contributed by atoms with van der Waals surface area (Å²) < 4.78 is 10.5. The summed E-state index contributed by atoms with van der Waals surface area (Å²) in [5, 5.41) is 0.708. The van der Waals surface area contributed by atoms with Crippen molar-refractivity contribution in [3.05, 3.63) is 34.9 Å². The Morgan fingerprint density at radius 3 is 2.79 bits per heavy atom. The fourth-order valence-electron chi connectivity index (χ4n) is 2.22. The molecule has 1 heterocycles. The van der Waals surface area contributed by atoms with Crippen LogP contribution in [0.25, 0.3) is 0 Å². The van der Waals surface area contributed by atoms with Gasteiger partial charge in [0.1, 0.15) is 6.04 Å². The Kier molecular flexibility index (Phi) is 4.80. The van der Waals surface area contributed by atoms with E-state index in [1.807, 2.05) is 31.2 Å². The molecule has 5 heteroatoms. The van der Waals surface area contributed by atoms with Crippen molar-refractivity contribution in [1.29, 1.82) is 0 Å². The first kappa shape index (κ1) is 14.3. The van der Waals surface area contributed by atoms with Gasteiger partial charge in [-0.05, 0) is 24.6 Å². The molecular weight excluding hydrogens is 266 g/mol. The van der Waals surface area contributed by atoms with Crippen molar-refractivity contribution in [1.82, 2.24) is 4.90 Å². The van der Waals surface area contributed by atoms with E-state index in [2.05, 4.69) is 4.90 Å². The quantitative estimate of drug-likeness (QED) is 0.798. The van der Waals surface area contributed by atoms with Crippen LogP contribution in [0.15, 0.2) is 24.3 Å². The monoisotopic (exact) mass is 283 g/mol. The maximum atomic E-state index is 11.6. The molecule has 19 heavy (non-hydrogen) atoms. The topological polar surface area (TPSA) is 38.8 Å². The number of benzene rings is 1.